The van der Waals surface area contributed by atoms with Crippen LogP contribution in [0.3, 0.4) is 0 Å². The maximum atomic E-state index is 13.6. The fourth-order valence-corrected chi connectivity index (χ4v) is 3.03. The quantitative estimate of drug-likeness (QED) is 0.766. The first-order valence-corrected chi connectivity index (χ1v) is 7.71. The first kappa shape index (κ1) is 16.4. The maximum absolute atomic E-state index is 13.6. The Hall–Kier alpha value is -0.980. The highest BCUT2D eigenvalue weighted by Crippen LogP contribution is 2.35. The Bertz CT molecular complexity index is 644. The zero-order chi connectivity index (χ0) is 15.6. The molecule has 0 saturated heterocycles. The molecule has 0 aliphatic heterocycles. The van der Waals surface area contributed by atoms with Crippen LogP contribution in [0.2, 0.25) is 0 Å². The van der Waals surface area contributed by atoms with Crippen molar-refractivity contribution in [3.05, 3.63) is 62.0 Å². The van der Waals surface area contributed by atoms with Gasteiger partial charge in [0.25, 0.3) is 0 Å². The van der Waals surface area contributed by atoms with Crippen LogP contribution in [-0.4, -0.2) is 14.2 Å². The van der Waals surface area contributed by atoms with Crippen LogP contribution in [-0.2, 0) is 0 Å². The third-order valence-electron chi connectivity index (χ3n) is 3.09. The van der Waals surface area contributed by atoms with Gasteiger partial charge in [0.15, 0.2) is 0 Å². The second kappa shape index (κ2) is 6.85. The number of hydrogen-bond acceptors (Lipinski definition) is 2. The summed E-state index contributed by atoms with van der Waals surface area (Å²) in [6.45, 7) is 0. The molecule has 1 unspecified atom stereocenters. The standard InChI is InChI=1S/C15H13Br2F2NO/c1-20-15(8-3-9(16)5-10(18)4-8)11-6-12(17)13(19)7-14(11)21-2/h3-7,15,20H,1-2H3. The van der Waals surface area contributed by atoms with Crippen LogP contribution >= 0.6 is 31.9 Å². The number of ether oxygens (including phenoxy) is 1. The molecule has 6 heteroatoms. The van der Waals surface area contributed by atoms with Gasteiger partial charge in [0, 0.05) is 16.1 Å². The highest BCUT2D eigenvalue weighted by molar-refractivity contribution is 9.10. The third-order valence-corrected chi connectivity index (χ3v) is 4.16. The van der Waals surface area contributed by atoms with E-state index in [0.717, 1.165) is 0 Å². The van der Waals surface area contributed by atoms with Crippen LogP contribution < -0.4 is 10.1 Å². The summed E-state index contributed by atoms with van der Waals surface area (Å²) >= 11 is 6.44. The molecule has 0 aliphatic carbocycles. The second-order valence-corrected chi connectivity index (χ2v) is 6.20. The lowest BCUT2D eigenvalue weighted by Crippen LogP contribution is -2.19. The van der Waals surface area contributed by atoms with E-state index >= 15 is 0 Å². The summed E-state index contributed by atoms with van der Waals surface area (Å²) in [4.78, 5) is 0. The molecule has 2 rings (SSSR count). The molecule has 1 N–H and O–H groups in total. The minimum Gasteiger partial charge on any atom is -0.496 e. The van der Waals surface area contributed by atoms with E-state index in [2.05, 4.69) is 37.2 Å². The largest absolute Gasteiger partial charge is 0.496 e. The summed E-state index contributed by atoms with van der Waals surface area (Å²) < 4.78 is 33.4. The summed E-state index contributed by atoms with van der Waals surface area (Å²) in [6, 6.07) is 7.23. The Labute approximate surface area is 138 Å². The van der Waals surface area contributed by atoms with Crippen molar-refractivity contribution in [1.82, 2.24) is 5.32 Å². The van der Waals surface area contributed by atoms with Gasteiger partial charge < -0.3 is 10.1 Å². The van der Waals surface area contributed by atoms with Crippen molar-refractivity contribution in [2.45, 2.75) is 6.04 Å². The first-order chi connectivity index (χ1) is 9.96. The molecule has 0 bridgehead atoms. The second-order valence-electron chi connectivity index (χ2n) is 4.43. The summed E-state index contributed by atoms with van der Waals surface area (Å²) in [5.41, 5.74) is 1.42. The van der Waals surface area contributed by atoms with E-state index in [1.807, 2.05) is 0 Å². The highest BCUT2D eigenvalue weighted by atomic mass is 79.9. The molecule has 0 heterocycles. The maximum Gasteiger partial charge on any atom is 0.141 e. The minimum atomic E-state index is -0.411. The molecule has 0 amide bonds. The van der Waals surface area contributed by atoms with Gasteiger partial charge in [-0.15, -0.1) is 0 Å². The van der Waals surface area contributed by atoms with Crippen LogP contribution in [0.1, 0.15) is 17.2 Å². The molecule has 112 valence electrons. The highest BCUT2D eigenvalue weighted by Gasteiger charge is 2.20. The van der Waals surface area contributed by atoms with Crippen molar-refractivity contribution in [3.8, 4) is 5.75 Å². The van der Waals surface area contributed by atoms with E-state index in [9.17, 15) is 8.78 Å². The number of methoxy groups -OCH3 is 1. The Kier molecular flexibility index (Phi) is 5.35. The molecule has 0 aliphatic rings. The van der Waals surface area contributed by atoms with E-state index in [1.165, 1.54) is 25.3 Å². The Balaban J connectivity index is 2.58. The van der Waals surface area contributed by atoms with Crippen molar-refractivity contribution in [1.29, 1.82) is 0 Å². The van der Waals surface area contributed by atoms with Gasteiger partial charge in [-0.05, 0) is 52.8 Å². The average Bonchev–Trinajstić information content (AvgIpc) is 2.42. The van der Waals surface area contributed by atoms with Crippen LogP contribution in [0.5, 0.6) is 5.75 Å². The van der Waals surface area contributed by atoms with E-state index in [1.54, 1.807) is 19.2 Å². The van der Waals surface area contributed by atoms with Crippen molar-refractivity contribution in [3.63, 3.8) is 0 Å². The summed E-state index contributed by atoms with van der Waals surface area (Å²) in [7, 11) is 3.22. The van der Waals surface area contributed by atoms with Gasteiger partial charge in [0.1, 0.15) is 17.4 Å². The van der Waals surface area contributed by atoms with Gasteiger partial charge in [-0.3, -0.25) is 0 Å². The molecule has 2 aromatic carbocycles. The first-order valence-electron chi connectivity index (χ1n) is 6.12. The van der Waals surface area contributed by atoms with Crippen LogP contribution in [0, 0.1) is 11.6 Å². The van der Waals surface area contributed by atoms with Crippen LogP contribution in [0.4, 0.5) is 8.78 Å². The number of hydrogen-bond donors (Lipinski definition) is 1. The molecular formula is C15H13Br2F2NO. The lowest BCUT2D eigenvalue weighted by Gasteiger charge is -2.21. The molecule has 21 heavy (non-hydrogen) atoms. The van der Waals surface area contributed by atoms with Crippen LogP contribution in [0.15, 0.2) is 39.3 Å². The van der Waals surface area contributed by atoms with Crippen molar-refractivity contribution in [2.24, 2.45) is 0 Å². The monoisotopic (exact) mass is 419 g/mol. The van der Waals surface area contributed by atoms with Gasteiger partial charge in [-0.2, -0.15) is 0 Å². The summed E-state index contributed by atoms with van der Waals surface area (Å²) in [5.74, 6) is -0.360. The fourth-order valence-electron chi connectivity index (χ4n) is 2.19. The molecule has 2 nitrogen and oxygen atoms in total. The van der Waals surface area contributed by atoms with Crippen LogP contribution in [0.25, 0.3) is 0 Å². The van der Waals surface area contributed by atoms with Crippen molar-refractivity contribution < 1.29 is 13.5 Å². The Morgan fingerprint density at radius 1 is 1.10 bits per heavy atom. The SMILES string of the molecule is CNC(c1cc(F)cc(Br)c1)c1cc(Br)c(F)cc1OC. The molecule has 0 saturated carbocycles. The van der Waals surface area contributed by atoms with E-state index in [-0.39, 0.29) is 11.9 Å². The van der Waals surface area contributed by atoms with Crippen molar-refractivity contribution in [2.75, 3.05) is 14.2 Å². The molecule has 0 spiro atoms. The molecule has 1 atom stereocenters. The number of nitrogens with one attached hydrogen (secondary N) is 1. The number of halogens is 4. The van der Waals surface area contributed by atoms with Gasteiger partial charge in [0.05, 0.1) is 17.6 Å². The molecule has 0 fully saturated rings. The minimum absolute atomic E-state index is 0.328. The van der Waals surface area contributed by atoms with Gasteiger partial charge in [0.2, 0.25) is 0 Å². The van der Waals surface area contributed by atoms with E-state index in [4.69, 9.17) is 4.74 Å². The van der Waals surface area contributed by atoms with E-state index in [0.29, 0.717) is 25.8 Å². The molecule has 2 aromatic rings. The van der Waals surface area contributed by atoms with Gasteiger partial charge in [-0.25, -0.2) is 8.78 Å². The molecular weight excluding hydrogens is 408 g/mol. The number of rotatable bonds is 4. The predicted octanol–water partition coefficient (Wildman–Crippen LogP) is 4.81. The smallest absolute Gasteiger partial charge is 0.141 e. The normalized spacial score (nSPS) is 12.3. The lowest BCUT2D eigenvalue weighted by atomic mass is 9.98. The molecule has 0 aromatic heterocycles. The topological polar surface area (TPSA) is 21.3 Å². The summed E-state index contributed by atoms with van der Waals surface area (Å²) in [6.07, 6.45) is 0. The number of benzene rings is 2. The average molecular weight is 421 g/mol. The lowest BCUT2D eigenvalue weighted by molar-refractivity contribution is 0.401. The van der Waals surface area contributed by atoms with Gasteiger partial charge >= 0.3 is 0 Å². The third kappa shape index (κ3) is 3.62. The summed E-state index contributed by atoms with van der Waals surface area (Å²) in [5, 5.41) is 3.10. The zero-order valence-electron chi connectivity index (χ0n) is 11.4. The van der Waals surface area contributed by atoms with Gasteiger partial charge in [-0.1, -0.05) is 15.9 Å². The van der Waals surface area contributed by atoms with Crippen molar-refractivity contribution >= 4 is 31.9 Å². The predicted molar refractivity (Wildman–Crippen MR) is 85.7 cm³/mol. The Morgan fingerprint density at radius 3 is 2.38 bits per heavy atom. The zero-order valence-corrected chi connectivity index (χ0v) is 14.6. The Morgan fingerprint density at radius 2 is 1.81 bits per heavy atom. The van der Waals surface area contributed by atoms with E-state index < -0.39 is 5.82 Å². The molecule has 0 radical (unpaired) electrons. The fraction of sp³-hybridized carbons (Fsp3) is 0.200.